The molecule has 2 aromatic carbocycles. The summed E-state index contributed by atoms with van der Waals surface area (Å²) in [6.45, 7) is 3.45. The number of nitrogens with zero attached hydrogens (tertiary/aromatic N) is 4. The lowest BCUT2D eigenvalue weighted by Crippen LogP contribution is -2.28. The number of rotatable bonds is 4. The van der Waals surface area contributed by atoms with E-state index < -0.39 is 15.1 Å². The number of fused-ring (bicyclic) bond motifs is 1. The van der Waals surface area contributed by atoms with Gasteiger partial charge in [-0.25, -0.2) is 18.4 Å². The normalized spacial score (nSPS) is 16.1. The molecule has 0 radical (unpaired) electrons. The van der Waals surface area contributed by atoms with E-state index in [1.165, 1.54) is 0 Å². The van der Waals surface area contributed by atoms with Gasteiger partial charge in [0.15, 0.2) is 11.1 Å². The Hall–Kier alpha value is -2.98. The van der Waals surface area contributed by atoms with Crippen molar-refractivity contribution in [3.63, 3.8) is 0 Å². The van der Waals surface area contributed by atoms with Gasteiger partial charge in [0.25, 0.3) is 0 Å². The predicted octanol–water partition coefficient (Wildman–Crippen LogP) is 4.36. The van der Waals surface area contributed by atoms with Crippen molar-refractivity contribution in [3.8, 4) is 6.07 Å². The smallest absolute Gasteiger partial charge is 0.200 e. The summed E-state index contributed by atoms with van der Waals surface area (Å²) in [6, 6.07) is 16.0. The molecule has 0 N–H and O–H groups in total. The second-order valence-corrected chi connectivity index (χ2v) is 9.72. The molecule has 154 valence electrons. The van der Waals surface area contributed by atoms with Gasteiger partial charge >= 0.3 is 0 Å². The molecule has 1 aliphatic rings. The molecule has 1 fully saturated rings. The fraction of sp³-hybridized carbons (Fsp3) is 0.348. The number of aryl methyl sites for hydroxylation is 1. The first-order valence-electron chi connectivity index (χ1n) is 10.2. The van der Waals surface area contributed by atoms with E-state index in [4.69, 9.17) is 4.98 Å². The van der Waals surface area contributed by atoms with Crippen LogP contribution in [0.2, 0.25) is 0 Å². The van der Waals surface area contributed by atoms with E-state index in [9.17, 15) is 13.7 Å². The zero-order valence-electron chi connectivity index (χ0n) is 17.0. The van der Waals surface area contributed by atoms with Crippen molar-refractivity contribution in [2.45, 2.75) is 42.8 Å². The Balaban J connectivity index is 1.89. The summed E-state index contributed by atoms with van der Waals surface area (Å²) < 4.78 is 26.8. The highest BCUT2D eigenvalue weighted by molar-refractivity contribution is 7.92. The van der Waals surface area contributed by atoms with Crippen molar-refractivity contribution in [3.05, 3.63) is 59.8 Å². The molecule has 1 unspecified atom stereocenters. The van der Waals surface area contributed by atoms with Gasteiger partial charge in [0.05, 0.1) is 22.0 Å². The van der Waals surface area contributed by atoms with Crippen LogP contribution in [0, 0.1) is 18.3 Å². The van der Waals surface area contributed by atoms with Crippen LogP contribution < -0.4 is 4.90 Å². The Morgan fingerprint density at radius 3 is 2.13 bits per heavy atom. The highest BCUT2D eigenvalue weighted by Crippen LogP contribution is 2.34. The molecule has 2 heterocycles. The molecular formula is C23H24N4O2S. The summed E-state index contributed by atoms with van der Waals surface area (Å²) in [4.78, 5) is 11.6. The lowest BCUT2D eigenvalue weighted by atomic mass is 10.2. The van der Waals surface area contributed by atoms with E-state index in [0.29, 0.717) is 16.9 Å². The minimum atomic E-state index is -3.95. The first-order valence-corrected chi connectivity index (χ1v) is 11.8. The van der Waals surface area contributed by atoms with Crippen LogP contribution in [0.15, 0.2) is 53.4 Å². The molecule has 0 saturated carbocycles. The average Bonchev–Trinajstić information content (AvgIpc) is 3.03. The summed E-state index contributed by atoms with van der Waals surface area (Å²) in [5, 5.41) is 8.55. The molecule has 0 amide bonds. The van der Waals surface area contributed by atoms with Crippen molar-refractivity contribution in [2.24, 2.45) is 0 Å². The van der Waals surface area contributed by atoms with E-state index in [1.54, 1.807) is 30.3 Å². The van der Waals surface area contributed by atoms with Crippen molar-refractivity contribution < 1.29 is 8.42 Å². The van der Waals surface area contributed by atoms with Gasteiger partial charge in [-0.05, 0) is 44.0 Å². The number of hydrogen-bond donors (Lipinski definition) is 0. The third-order valence-electron chi connectivity index (χ3n) is 5.51. The molecule has 1 aliphatic heterocycles. The lowest BCUT2D eigenvalue weighted by molar-refractivity contribution is 0.590. The molecule has 6 nitrogen and oxygen atoms in total. The van der Waals surface area contributed by atoms with E-state index in [-0.39, 0.29) is 10.6 Å². The SMILES string of the molecule is Cc1ccc(S(=O)(=O)C(C#N)c2nc3ccccc3nc2N2CCCCCC2)cc1. The highest BCUT2D eigenvalue weighted by Gasteiger charge is 2.35. The van der Waals surface area contributed by atoms with Crippen LogP contribution in [0.25, 0.3) is 11.0 Å². The van der Waals surface area contributed by atoms with Crippen LogP contribution in [0.5, 0.6) is 0 Å². The molecule has 0 spiro atoms. The van der Waals surface area contributed by atoms with Gasteiger partial charge in [-0.3, -0.25) is 0 Å². The maximum Gasteiger partial charge on any atom is 0.200 e. The first-order chi connectivity index (χ1) is 14.5. The topological polar surface area (TPSA) is 86.9 Å². The Labute approximate surface area is 177 Å². The first kappa shape index (κ1) is 20.3. The van der Waals surface area contributed by atoms with E-state index in [0.717, 1.165) is 44.3 Å². The van der Waals surface area contributed by atoms with Crippen LogP contribution in [-0.4, -0.2) is 31.5 Å². The van der Waals surface area contributed by atoms with Crippen molar-refractivity contribution in [2.75, 3.05) is 18.0 Å². The molecule has 1 saturated heterocycles. The number of nitriles is 1. The number of aromatic nitrogens is 2. The predicted molar refractivity (Wildman–Crippen MR) is 117 cm³/mol. The number of benzene rings is 2. The molecular weight excluding hydrogens is 396 g/mol. The molecule has 1 atom stereocenters. The maximum atomic E-state index is 13.4. The van der Waals surface area contributed by atoms with E-state index >= 15 is 0 Å². The fourth-order valence-corrected chi connectivity index (χ4v) is 5.22. The number of anilines is 1. The Morgan fingerprint density at radius 2 is 1.53 bits per heavy atom. The van der Waals surface area contributed by atoms with Crippen LogP contribution in [0.3, 0.4) is 0 Å². The largest absolute Gasteiger partial charge is 0.355 e. The van der Waals surface area contributed by atoms with Crippen LogP contribution in [0.4, 0.5) is 5.82 Å². The van der Waals surface area contributed by atoms with Gasteiger partial charge in [-0.15, -0.1) is 0 Å². The molecule has 1 aromatic heterocycles. The molecule has 3 aromatic rings. The molecule has 4 rings (SSSR count). The summed E-state index contributed by atoms with van der Waals surface area (Å²) >= 11 is 0. The molecule has 0 aliphatic carbocycles. The van der Waals surface area contributed by atoms with Gasteiger partial charge in [-0.1, -0.05) is 42.7 Å². The zero-order valence-corrected chi connectivity index (χ0v) is 17.8. The van der Waals surface area contributed by atoms with Gasteiger partial charge in [0.1, 0.15) is 5.69 Å². The fourth-order valence-electron chi connectivity index (χ4n) is 3.84. The van der Waals surface area contributed by atoms with Crippen LogP contribution in [0.1, 0.15) is 42.2 Å². The van der Waals surface area contributed by atoms with Gasteiger partial charge < -0.3 is 4.90 Å². The number of sulfone groups is 1. The molecule has 7 heteroatoms. The minimum absolute atomic E-state index is 0.122. The summed E-state index contributed by atoms with van der Waals surface area (Å²) in [5.74, 6) is 0.512. The van der Waals surface area contributed by atoms with Crippen LogP contribution in [-0.2, 0) is 9.84 Å². The highest BCUT2D eigenvalue weighted by atomic mass is 32.2. The van der Waals surface area contributed by atoms with Crippen molar-refractivity contribution >= 4 is 26.7 Å². The summed E-state index contributed by atoms with van der Waals surface area (Å²) in [5.41, 5.74) is 2.47. The number of para-hydroxylation sites is 2. The third-order valence-corrected chi connectivity index (χ3v) is 7.39. The second-order valence-electron chi connectivity index (χ2n) is 7.69. The monoisotopic (exact) mass is 420 g/mol. The second kappa shape index (κ2) is 8.41. The maximum absolute atomic E-state index is 13.4. The Bertz CT molecular complexity index is 1190. The Morgan fingerprint density at radius 1 is 0.933 bits per heavy atom. The quantitative estimate of drug-likeness (QED) is 0.623. The van der Waals surface area contributed by atoms with Gasteiger partial charge in [0.2, 0.25) is 9.84 Å². The van der Waals surface area contributed by atoms with Crippen molar-refractivity contribution in [1.29, 1.82) is 5.26 Å². The summed E-state index contributed by atoms with van der Waals surface area (Å²) in [7, 11) is -3.95. The Kier molecular flexibility index (Phi) is 5.69. The average molecular weight is 421 g/mol. The van der Waals surface area contributed by atoms with Gasteiger partial charge in [-0.2, -0.15) is 5.26 Å². The zero-order chi connectivity index (χ0) is 21.1. The van der Waals surface area contributed by atoms with Gasteiger partial charge in [0, 0.05) is 13.1 Å². The minimum Gasteiger partial charge on any atom is -0.355 e. The molecule has 0 bridgehead atoms. The lowest BCUT2D eigenvalue weighted by Gasteiger charge is -2.25. The number of hydrogen-bond acceptors (Lipinski definition) is 6. The van der Waals surface area contributed by atoms with Crippen molar-refractivity contribution in [1.82, 2.24) is 9.97 Å². The van der Waals surface area contributed by atoms with E-state index in [1.807, 2.05) is 31.2 Å². The summed E-state index contributed by atoms with van der Waals surface area (Å²) in [6.07, 6.45) is 4.29. The molecule has 30 heavy (non-hydrogen) atoms. The van der Waals surface area contributed by atoms with E-state index in [2.05, 4.69) is 9.88 Å². The third kappa shape index (κ3) is 3.88. The van der Waals surface area contributed by atoms with Crippen LogP contribution >= 0.6 is 0 Å². The standard InChI is InChI=1S/C23H24N4O2S/c1-17-10-12-18(13-11-17)30(28,29)21(16-24)22-23(27-14-6-2-3-7-15-27)26-20-9-5-4-8-19(20)25-22/h4-5,8-13,21H,2-3,6-7,14-15H2,1H3.